The van der Waals surface area contributed by atoms with E-state index in [2.05, 4.69) is 0 Å². The van der Waals surface area contributed by atoms with Crippen molar-refractivity contribution in [1.82, 2.24) is 0 Å². The molecule has 0 aliphatic carbocycles. The Morgan fingerprint density at radius 3 is 2.20 bits per heavy atom. The van der Waals surface area contributed by atoms with Gasteiger partial charge in [0.1, 0.15) is 0 Å². The van der Waals surface area contributed by atoms with Crippen molar-refractivity contribution in [3.8, 4) is 0 Å². The third-order valence-electron chi connectivity index (χ3n) is 4.16. The maximum atomic E-state index is 11.5. The van der Waals surface area contributed by atoms with Gasteiger partial charge in [0.05, 0.1) is 0 Å². The summed E-state index contributed by atoms with van der Waals surface area (Å²) in [5.74, 6) is -2.03. The minimum absolute atomic E-state index is 0.374. The summed E-state index contributed by atoms with van der Waals surface area (Å²) < 4.78 is 0. The van der Waals surface area contributed by atoms with Gasteiger partial charge in [-0.3, -0.25) is 0 Å². The fourth-order valence-electron chi connectivity index (χ4n) is 2.66. The molecule has 0 bridgehead atoms. The number of fused-ring (bicyclic) bond motifs is 1. The van der Waals surface area contributed by atoms with Crippen LogP contribution in [-0.2, 0) is 4.79 Å². The quantitative estimate of drug-likeness (QED) is 0.896. The molecule has 0 spiro atoms. The lowest BCUT2D eigenvalue weighted by atomic mass is 9.76. The van der Waals surface area contributed by atoms with Crippen LogP contribution in [0.15, 0.2) is 42.5 Å². The first kappa shape index (κ1) is 14.5. The van der Waals surface area contributed by atoms with Crippen molar-refractivity contribution in [3.63, 3.8) is 0 Å². The van der Waals surface area contributed by atoms with Crippen molar-refractivity contribution in [2.24, 2.45) is 5.92 Å². The van der Waals surface area contributed by atoms with E-state index in [1.54, 1.807) is 20.8 Å². The molecule has 0 radical (unpaired) electrons. The predicted molar refractivity (Wildman–Crippen MR) is 79.8 cm³/mol. The molecule has 2 aromatic rings. The molecule has 0 saturated carbocycles. The van der Waals surface area contributed by atoms with E-state index in [0.29, 0.717) is 0 Å². The minimum Gasteiger partial charge on any atom is -0.479 e. The molecule has 0 aromatic heterocycles. The van der Waals surface area contributed by atoms with Gasteiger partial charge >= 0.3 is 5.97 Å². The van der Waals surface area contributed by atoms with Crippen molar-refractivity contribution >= 4 is 16.7 Å². The molecule has 2 rings (SSSR count). The molecule has 0 amide bonds. The van der Waals surface area contributed by atoms with Crippen molar-refractivity contribution < 1.29 is 15.0 Å². The van der Waals surface area contributed by atoms with Crippen LogP contribution in [0.25, 0.3) is 10.8 Å². The molecule has 2 atom stereocenters. The van der Waals surface area contributed by atoms with Gasteiger partial charge in [-0.15, -0.1) is 0 Å². The van der Waals surface area contributed by atoms with Crippen LogP contribution in [0.1, 0.15) is 32.3 Å². The molecule has 20 heavy (non-hydrogen) atoms. The van der Waals surface area contributed by atoms with E-state index < -0.39 is 17.5 Å². The van der Waals surface area contributed by atoms with Gasteiger partial charge < -0.3 is 10.2 Å². The lowest BCUT2D eigenvalue weighted by Gasteiger charge is -2.34. The van der Waals surface area contributed by atoms with Crippen LogP contribution >= 0.6 is 0 Å². The average Bonchev–Trinajstić information content (AvgIpc) is 2.44. The number of aliphatic carboxylic acids is 1. The minimum atomic E-state index is -1.76. The summed E-state index contributed by atoms with van der Waals surface area (Å²) in [5.41, 5.74) is -0.926. The first-order valence-electron chi connectivity index (χ1n) is 6.81. The second-order valence-electron chi connectivity index (χ2n) is 5.61. The van der Waals surface area contributed by atoms with Gasteiger partial charge in [0.2, 0.25) is 0 Å². The maximum Gasteiger partial charge on any atom is 0.336 e. The highest BCUT2D eigenvalue weighted by Crippen LogP contribution is 2.35. The Hall–Kier alpha value is -1.87. The normalized spacial score (nSPS) is 16.1. The second kappa shape index (κ2) is 5.25. The lowest BCUT2D eigenvalue weighted by Crippen LogP contribution is -2.48. The fourth-order valence-corrected chi connectivity index (χ4v) is 2.66. The first-order valence-corrected chi connectivity index (χ1v) is 6.81. The molecule has 0 heterocycles. The van der Waals surface area contributed by atoms with Crippen LogP contribution in [0.2, 0.25) is 0 Å². The molecule has 2 N–H and O–H groups in total. The Labute approximate surface area is 118 Å². The average molecular weight is 272 g/mol. The van der Waals surface area contributed by atoms with Gasteiger partial charge in [-0.05, 0) is 22.3 Å². The van der Waals surface area contributed by atoms with Crippen LogP contribution in [0, 0.1) is 5.92 Å². The molecule has 2 aromatic carbocycles. The van der Waals surface area contributed by atoms with E-state index >= 15 is 0 Å². The maximum absolute atomic E-state index is 11.5. The lowest BCUT2D eigenvalue weighted by molar-refractivity contribution is -0.166. The van der Waals surface area contributed by atoms with E-state index in [-0.39, 0.29) is 5.92 Å². The first-order chi connectivity index (χ1) is 9.37. The molecule has 2 unspecified atom stereocenters. The van der Waals surface area contributed by atoms with E-state index in [1.807, 2.05) is 42.5 Å². The largest absolute Gasteiger partial charge is 0.479 e. The molecule has 3 nitrogen and oxygen atoms in total. The van der Waals surface area contributed by atoms with E-state index in [4.69, 9.17) is 0 Å². The molecule has 0 fully saturated rings. The van der Waals surface area contributed by atoms with Crippen molar-refractivity contribution in [2.45, 2.75) is 32.3 Å². The summed E-state index contributed by atoms with van der Waals surface area (Å²) in [5, 5.41) is 22.1. The summed E-state index contributed by atoms with van der Waals surface area (Å²) in [6, 6.07) is 13.7. The molecular formula is C17H20O3. The van der Waals surface area contributed by atoms with Gasteiger partial charge in [-0.25, -0.2) is 4.79 Å². The van der Waals surface area contributed by atoms with Crippen LogP contribution in [0.3, 0.4) is 0 Å². The Morgan fingerprint density at radius 1 is 1.05 bits per heavy atom. The zero-order valence-corrected chi connectivity index (χ0v) is 12.0. The monoisotopic (exact) mass is 272 g/mol. The van der Waals surface area contributed by atoms with Crippen LogP contribution in [-0.4, -0.2) is 21.8 Å². The predicted octanol–water partition coefficient (Wildman–Crippen LogP) is 3.42. The Bertz CT molecular complexity index is 633. The number of carbonyl (C=O) groups is 1. The third-order valence-corrected chi connectivity index (χ3v) is 4.16. The summed E-state index contributed by atoms with van der Waals surface area (Å²) in [4.78, 5) is 11.5. The number of carboxylic acid groups (broad SMARTS) is 1. The number of benzene rings is 2. The topological polar surface area (TPSA) is 57.5 Å². The fraction of sp³-hybridized carbons (Fsp3) is 0.353. The van der Waals surface area contributed by atoms with Crippen LogP contribution in [0.4, 0.5) is 0 Å². The summed E-state index contributed by atoms with van der Waals surface area (Å²) in [7, 11) is 0. The molecule has 3 heteroatoms. The highest BCUT2D eigenvalue weighted by molar-refractivity contribution is 5.84. The van der Waals surface area contributed by atoms with Crippen LogP contribution in [0.5, 0.6) is 0 Å². The second-order valence-corrected chi connectivity index (χ2v) is 5.61. The van der Waals surface area contributed by atoms with Gasteiger partial charge in [0.25, 0.3) is 0 Å². The number of rotatable bonds is 4. The Kier molecular flexibility index (Phi) is 3.82. The standard InChI is InChI=1S/C17H20O3/c1-11(2)17(20,16(18)19)12(3)14-9-8-13-6-4-5-7-15(13)10-14/h4-12,20H,1-3H3,(H,18,19). The zero-order valence-electron chi connectivity index (χ0n) is 12.0. The number of hydrogen-bond donors (Lipinski definition) is 2. The van der Waals surface area contributed by atoms with Gasteiger partial charge in [0, 0.05) is 5.92 Å². The van der Waals surface area contributed by atoms with Crippen molar-refractivity contribution in [2.75, 3.05) is 0 Å². The third kappa shape index (κ3) is 2.29. The highest BCUT2D eigenvalue weighted by Gasteiger charge is 2.45. The highest BCUT2D eigenvalue weighted by atomic mass is 16.4. The van der Waals surface area contributed by atoms with Gasteiger partial charge in [0.15, 0.2) is 5.60 Å². The van der Waals surface area contributed by atoms with Gasteiger partial charge in [-0.1, -0.05) is 63.2 Å². The summed E-state index contributed by atoms with van der Waals surface area (Å²) >= 11 is 0. The number of hydrogen-bond acceptors (Lipinski definition) is 2. The van der Waals surface area contributed by atoms with Crippen LogP contribution < -0.4 is 0 Å². The smallest absolute Gasteiger partial charge is 0.336 e. The number of carboxylic acids is 1. The van der Waals surface area contributed by atoms with Crippen molar-refractivity contribution in [3.05, 3.63) is 48.0 Å². The molecular weight excluding hydrogens is 252 g/mol. The Balaban J connectivity index is 2.49. The number of aliphatic hydroxyl groups is 1. The van der Waals surface area contributed by atoms with Crippen molar-refractivity contribution in [1.29, 1.82) is 0 Å². The zero-order chi connectivity index (χ0) is 14.9. The summed E-state index contributed by atoms with van der Waals surface area (Å²) in [6.07, 6.45) is 0. The summed E-state index contributed by atoms with van der Waals surface area (Å²) in [6.45, 7) is 5.22. The SMILES string of the molecule is CC(C)C(O)(C(=O)O)C(C)c1ccc2ccccc2c1. The molecule has 0 saturated heterocycles. The molecule has 0 aliphatic heterocycles. The Morgan fingerprint density at radius 2 is 1.65 bits per heavy atom. The molecule has 106 valence electrons. The van der Waals surface area contributed by atoms with E-state index in [0.717, 1.165) is 16.3 Å². The molecule has 0 aliphatic rings. The van der Waals surface area contributed by atoms with Gasteiger partial charge in [-0.2, -0.15) is 0 Å². The van der Waals surface area contributed by atoms with E-state index in [9.17, 15) is 15.0 Å². The van der Waals surface area contributed by atoms with E-state index in [1.165, 1.54) is 0 Å².